The van der Waals surface area contributed by atoms with Gasteiger partial charge in [0.25, 0.3) is 10.0 Å². The van der Waals surface area contributed by atoms with Crippen molar-refractivity contribution in [3.8, 4) is 6.07 Å². The Kier molecular flexibility index (Phi) is 4.20. The number of aromatic nitrogens is 1. The van der Waals surface area contributed by atoms with Gasteiger partial charge >= 0.3 is 0 Å². The molecule has 1 aliphatic heterocycles. The number of piperidine rings is 1. The van der Waals surface area contributed by atoms with Crippen LogP contribution < -0.4 is 0 Å². The number of rotatable bonds is 3. The van der Waals surface area contributed by atoms with Gasteiger partial charge in [-0.25, -0.2) is 13.4 Å². The molecule has 1 aromatic heterocycles. The number of aryl methyl sites for hydroxylation is 1. The molecule has 1 fully saturated rings. The SMILES string of the molecule is CSC1(C#N)CCN(S(=O)(=O)c2cnc(C)s2)CC1. The highest BCUT2D eigenvalue weighted by molar-refractivity contribution is 8.00. The van der Waals surface area contributed by atoms with E-state index in [1.807, 2.05) is 6.26 Å². The van der Waals surface area contributed by atoms with Crippen LogP contribution in [0.4, 0.5) is 0 Å². The number of nitriles is 1. The maximum Gasteiger partial charge on any atom is 0.254 e. The van der Waals surface area contributed by atoms with E-state index in [0.29, 0.717) is 30.1 Å². The van der Waals surface area contributed by atoms with Gasteiger partial charge in [0.15, 0.2) is 4.21 Å². The van der Waals surface area contributed by atoms with Crippen molar-refractivity contribution in [2.24, 2.45) is 0 Å². The van der Waals surface area contributed by atoms with Crippen LogP contribution in [0.1, 0.15) is 17.8 Å². The molecular weight excluding hydrogens is 302 g/mol. The van der Waals surface area contributed by atoms with E-state index >= 15 is 0 Å². The lowest BCUT2D eigenvalue weighted by Crippen LogP contribution is -2.44. The van der Waals surface area contributed by atoms with Crippen molar-refractivity contribution in [3.05, 3.63) is 11.2 Å². The van der Waals surface area contributed by atoms with E-state index in [2.05, 4.69) is 11.1 Å². The minimum Gasteiger partial charge on any atom is -0.249 e. The first-order chi connectivity index (χ1) is 8.93. The van der Waals surface area contributed by atoms with Crippen LogP contribution in [0, 0.1) is 18.3 Å². The summed E-state index contributed by atoms with van der Waals surface area (Å²) in [6.45, 7) is 2.58. The second kappa shape index (κ2) is 5.40. The Hall–Kier alpha value is -0.620. The van der Waals surface area contributed by atoms with Crippen molar-refractivity contribution in [2.45, 2.75) is 28.7 Å². The summed E-state index contributed by atoms with van der Waals surface area (Å²) >= 11 is 2.70. The Morgan fingerprint density at radius 3 is 2.58 bits per heavy atom. The molecule has 0 aromatic carbocycles. The fourth-order valence-corrected chi connectivity index (χ4v) is 5.42. The van der Waals surface area contributed by atoms with E-state index in [0.717, 1.165) is 5.01 Å². The zero-order valence-corrected chi connectivity index (χ0v) is 13.2. The normalized spacial score (nSPS) is 20.1. The van der Waals surface area contributed by atoms with Gasteiger partial charge in [-0.2, -0.15) is 9.57 Å². The maximum atomic E-state index is 12.4. The minimum absolute atomic E-state index is 0.290. The summed E-state index contributed by atoms with van der Waals surface area (Å²) in [5.74, 6) is 0. The molecule has 2 rings (SSSR count). The van der Waals surface area contributed by atoms with Crippen molar-refractivity contribution >= 4 is 33.1 Å². The second-order valence-corrected chi connectivity index (χ2v) is 9.00. The summed E-state index contributed by atoms with van der Waals surface area (Å²) in [7, 11) is -3.44. The third-order valence-electron chi connectivity index (χ3n) is 3.32. The fourth-order valence-electron chi connectivity index (χ4n) is 2.04. The monoisotopic (exact) mass is 317 g/mol. The first-order valence-electron chi connectivity index (χ1n) is 5.82. The molecule has 1 aliphatic rings. The summed E-state index contributed by atoms with van der Waals surface area (Å²) in [6, 6.07) is 2.31. The van der Waals surface area contributed by atoms with Crippen molar-refractivity contribution in [1.29, 1.82) is 5.26 Å². The minimum atomic E-state index is -3.44. The van der Waals surface area contributed by atoms with Gasteiger partial charge in [-0.15, -0.1) is 23.1 Å². The lowest BCUT2D eigenvalue weighted by atomic mass is 9.99. The highest BCUT2D eigenvalue weighted by atomic mass is 32.2. The molecule has 5 nitrogen and oxygen atoms in total. The number of hydrogen-bond donors (Lipinski definition) is 0. The predicted molar refractivity (Wildman–Crippen MR) is 76.7 cm³/mol. The number of sulfonamides is 1. The Labute approximate surface area is 121 Å². The summed E-state index contributed by atoms with van der Waals surface area (Å²) in [5.41, 5.74) is 0. The molecule has 2 heterocycles. The standard InChI is InChI=1S/C11H15N3O2S3/c1-9-13-7-10(18-9)19(15,16)14-5-3-11(8-12,17-2)4-6-14/h7H,3-6H2,1-2H3. The highest BCUT2D eigenvalue weighted by Gasteiger charge is 2.38. The maximum absolute atomic E-state index is 12.4. The highest BCUT2D eigenvalue weighted by Crippen LogP contribution is 2.36. The molecule has 19 heavy (non-hydrogen) atoms. The Morgan fingerprint density at radius 1 is 1.53 bits per heavy atom. The molecule has 0 N–H and O–H groups in total. The van der Waals surface area contributed by atoms with Gasteiger partial charge < -0.3 is 0 Å². The largest absolute Gasteiger partial charge is 0.254 e. The Morgan fingerprint density at radius 2 is 2.16 bits per heavy atom. The van der Waals surface area contributed by atoms with Gasteiger partial charge in [0.2, 0.25) is 0 Å². The van der Waals surface area contributed by atoms with Gasteiger partial charge in [-0.3, -0.25) is 0 Å². The average molecular weight is 317 g/mol. The van der Waals surface area contributed by atoms with Crippen LogP contribution in [0.5, 0.6) is 0 Å². The number of hydrogen-bond acceptors (Lipinski definition) is 6. The van der Waals surface area contributed by atoms with E-state index in [9.17, 15) is 13.7 Å². The van der Waals surface area contributed by atoms with Crippen LogP contribution in [-0.4, -0.2) is 41.8 Å². The van der Waals surface area contributed by atoms with Gasteiger partial charge in [0.05, 0.1) is 17.3 Å². The average Bonchev–Trinajstić information content (AvgIpc) is 2.86. The molecule has 1 aromatic rings. The first kappa shape index (κ1) is 14.8. The Bertz CT molecular complexity index is 595. The van der Waals surface area contributed by atoms with Gasteiger partial charge in [0.1, 0.15) is 4.75 Å². The van der Waals surface area contributed by atoms with Crippen molar-refractivity contribution < 1.29 is 8.42 Å². The molecular formula is C11H15N3O2S3. The van der Waals surface area contributed by atoms with Crippen LogP contribution >= 0.6 is 23.1 Å². The lowest BCUT2D eigenvalue weighted by Gasteiger charge is -2.34. The van der Waals surface area contributed by atoms with Crippen LogP contribution in [0.3, 0.4) is 0 Å². The van der Waals surface area contributed by atoms with Crippen molar-refractivity contribution in [1.82, 2.24) is 9.29 Å². The molecule has 1 saturated heterocycles. The number of nitrogens with zero attached hydrogens (tertiary/aromatic N) is 3. The summed E-state index contributed by atoms with van der Waals surface area (Å²) in [5, 5.41) is 9.95. The molecule has 0 radical (unpaired) electrons. The number of thiazole rings is 1. The lowest BCUT2D eigenvalue weighted by molar-refractivity contribution is 0.328. The summed E-state index contributed by atoms with van der Waals surface area (Å²) in [4.78, 5) is 3.99. The van der Waals surface area contributed by atoms with E-state index in [1.165, 1.54) is 33.6 Å². The van der Waals surface area contributed by atoms with Crippen LogP contribution in [0.15, 0.2) is 10.4 Å². The van der Waals surface area contributed by atoms with Gasteiger partial charge in [-0.1, -0.05) is 0 Å². The number of thioether (sulfide) groups is 1. The molecule has 104 valence electrons. The molecule has 0 unspecified atom stereocenters. The summed E-state index contributed by atoms with van der Waals surface area (Å²) < 4.78 is 26.1. The molecule has 0 aliphatic carbocycles. The molecule has 0 amide bonds. The molecule has 0 atom stereocenters. The zero-order valence-electron chi connectivity index (χ0n) is 10.8. The van der Waals surface area contributed by atoms with Crippen LogP contribution in [0.25, 0.3) is 0 Å². The predicted octanol–water partition coefficient (Wildman–Crippen LogP) is 1.86. The summed E-state index contributed by atoms with van der Waals surface area (Å²) in [6.07, 6.45) is 4.46. The van der Waals surface area contributed by atoms with E-state index in [1.54, 1.807) is 6.92 Å². The van der Waals surface area contributed by atoms with Gasteiger partial charge in [-0.05, 0) is 26.0 Å². The first-order valence-corrected chi connectivity index (χ1v) is 9.31. The fraction of sp³-hybridized carbons (Fsp3) is 0.636. The van der Waals surface area contributed by atoms with E-state index in [-0.39, 0.29) is 0 Å². The second-order valence-electron chi connectivity index (χ2n) is 4.41. The van der Waals surface area contributed by atoms with E-state index in [4.69, 9.17) is 0 Å². The molecule has 8 heteroatoms. The van der Waals surface area contributed by atoms with E-state index < -0.39 is 14.8 Å². The molecule has 0 saturated carbocycles. The smallest absolute Gasteiger partial charge is 0.249 e. The molecule has 0 bridgehead atoms. The van der Waals surface area contributed by atoms with Crippen molar-refractivity contribution in [2.75, 3.05) is 19.3 Å². The van der Waals surface area contributed by atoms with Crippen LogP contribution in [-0.2, 0) is 10.0 Å². The van der Waals surface area contributed by atoms with Crippen molar-refractivity contribution in [3.63, 3.8) is 0 Å². The Balaban J connectivity index is 2.16. The van der Waals surface area contributed by atoms with Gasteiger partial charge in [0, 0.05) is 13.1 Å². The third-order valence-corrected chi connectivity index (χ3v) is 7.85. The third kappa shape index (κ3) is 2.79. The van der Waals surface area contributed by atoms with Crippen LogP contribution in [0.2, 0.25) is 0 Å². The molecule has 0 spiro atoms. The topological polar surface area (TPSA) is 74.1 Å². The quantitative estimate of drug-likeness (QED) is 0.850. The zero-order chi connectivity index (χ0) is 14.1.